The third kappa shape index (κ3) is 11.5. The topological polar surface area (TPSA) is 97.1 Å². The molecule has 7 nitrogen and oxygen atoms in total. The normalized spacial score (nSPS) is 11.9. The molecule has 7 heteroatoms. The second-order valence-electron chi connectivity index (χ2n) is 9.41. The monoisotopic (exact) mass is 484 g/mol. The maximum Gasteiger partial charge on any atom is 0.247 e. The van der Waals surface area contributed by atoms with E-state index in [1.54, 1.807) is 0 Å². The zero-order chi connectivity index (χ0) is 25.3. The molecule has 0 fully saturated rings. The molecule has 2 N–H and O–H groups in total. The molecule has 35 heavy (non-hydrogen) atoms. The predicted molar refractivity (Wildman–Crippen MR) is 140 cm³/mol. The van der Waals surface area contributed by atoms with Gasteiger partial charge in [0.15, 0.2) is 0 Å². The van der Waals surface area contributed by atoms with E-state index in [1.165, 1.54) is 25.7 Å². The Bertz CT molecular complexity index is 863. The van der Waals surface area contributed by atoms with Gasteiger partial charge in [0.25, 0.3) is 0 Å². The molecule has 0 aliphatic rings. The van der Waals surface area contributed by atoms with Crippen LogP contribution in [0.1, 0.15) is 102 Å². The van der Waals surface area contributed by atoms with Crippen molar-refractivity contribution in [1.29, 1.82) is 0 Å². The van der Waals surface area contributed by atoms with Gasteiger partial charge in [-0.3, -0.25) is 9.59 Å². The third-order valence-corrected chi connectivity index (χ3v) is 6.13. The third-order valence-electron chi connectivity index (χ3n) is 6.13. The fourth-order valence-electron chi connectivity index (χ4n) is 3.93. The van der Waals surface area contributed by atoms with Gasteiger partial charge in [0.1, 0.15) is 6.04 Å². The molecular weight excluding hydrogens is 440 g/mol. The minimum atomic E-state index is -0.732. The lowest BCUT2D eigenvalue weighted by Crippen LogP contribution is -2.48. The number of benzene rings is 1. The summed E-state index contributed by atoms with van der Waals surface area (Å²) < 4.78 is 5.82. The van der Waals surface area contributed by atoms with Crippen molar-refractivity contribution in [3.63, 3.8) is 0 Å². The van der Waals surface area contributed by atoms with E-state index in [1.807, 2.05) is 31.2 Å². The van der Waals surface area contributed by atoms with Crippen molar-refractivity contribution in [3.8, 4) is 11.5 Å². The summed E-state index contributed by atoms with van der Waals surface area (Å²) in [7, 11) is 0. The molecule has 0 saturated carbocycles. The van der Waals surface area contributed by atoms with Crippen molar-refractivity contribution in [2.24, 2.45) is 0 Å². The molecule has 2 rings (SSSR count). The molecule has 0 aliphatic heterocycles. The Hall–Kier alpha value is -2.70. The zero-order valence-electron chi connectivity index (χ0n) is 21.9. The fourth-order valence-corrected chi connectivity index (χ4v) is 3.93. The van der Waals surface area contributed by atoms with Gasteiger partial charge in [0, 0.05) is 18.5 Å². The summed E-state index contributed by atoms with van der Waals surface area (Å²) in [6.45, 7) is 6.98. The summed E-state index contributed by atoms with van der Waals surface area (Å²) in [6.07, 6.45) is 12.9. The lowest BCUT2D eigenvalue weighted by molar-refractivity contribution is -0.129. The number of unbranched alkanes of at least 4 members (excludes halogenated alkanes) is 9. The molecule has 1 atom stereocenters. The summed E-state index contributed by atoms with van der Waals surface area (Å²) in [6, 6.07) is 7.09. The van der Waals surface area contributed by atoms with E-state index in [9.17, 15) is 9.59 Å². The largest absolute Gasteiger partial charge is 0.421 e. The van der Waals surface area contributed by atoms with Gasteiger partial charge in [-0.15, -0.1) is 10.2 Å². The molecule has 0 unspecified atom stereocenters. The molecule has 2 aromatic rings. The van der Waals surface area contributed by atoms with Crippen LogP contribution >= 0.6 is 0 Å². The summed E-state index contributed by atoms with van der Waals surface area (Å²) in [5, 5.41) is 14.1. The molecule has 1 heterocycles. The maximum absolute atomic E-state index is 12.9. The van der Waals surface area contributed by atoms with Crippen LogP contribution in [0.5, 0.6) is 0 Å². The van der Waals surface area contributed by atoms with Crippen molar-refractivity contribution in [2.75, 3.05) is 6.54 Å². The number of aryl methyl sites for hydroxylation is 1. The number of amides is 2. The van der Waals surface area contributed by atoms with Crippen LogP contribution in [0.25, 0.3) is 11.5 Å². The number of rotatable bonds is 18. The van der Waals surface area contributed by atoms with Crippen molar-refractivity contribution in [2.45, 2.75) is 110 Å². The van der Waals surface area contributed by atoms with Crippen LogP contribution < -0.4 is 10.6 Å². The number of hydrogen-bond acceptors (Lipinski definition) is 5. The SMILES string of the molecule is CCCCCCCCCC(=O)N[C@@H](Cc1nnc(-c2ccc(C)cc2)o1)C(=O)NCCCCCC. The molecule has 194 valence electrons. The van der Waals surface area contributed by atoms with E-state index >= 15 is 0 Å². The Morgan fingerprint density at radius 2 is 1.49 bits per heavy atom. The van der Waals surface area contributed by atoms with Gasteiger partial charge in [0.05, 0.1) is 6.42 Å². The summed E-state index contributed by atoms with van der Waals surface area (Å²) in [5.74, 6) is 0.434. The lowest BCUT2D eigenvalue weighted by atomic mass is 10.1. The van der Waals surface area contributed by atoms with Gasteiger partial charge in [-0.05, 0) is 31.9 Å². The van der Waals surface area contributed by atoms with Crippen LogP contribution in [-0.4, -0.2) is 34.6 Å². The molecule has 1 aromatic heterocycles. The molecular formula is C28H44N4O3. The highest BCUT2D eigenvalue weighted by atomic mass is 16.4. The van der Waals surface area contributed by atoms with E-state index in [-0.39, 0.29) is 18.2 Å². The number of carbonyl (C=O) groups is 2. The average molecular weight is 485 g/mol. The van der Waals surface area contributed by atoms with E-state index in [0.29, 0.717) is 24.7 Å². The number of nitrogens with one attached hydrogen (secondary N) is 2. The Morgan fingerprint density at radius 3 is 2.17 bits per heavy atom. The number of aromatic nitrogens is 2. The first kappa shape index (κ1) is 28.5. The fraction of sp³-hybridized carbons (Fsp3) is 0.643. The Morgan fingerprint density at radius 1 is 0.857 bits per heavy atom. The maximum atomic E-state index is 12.9. The summed E-state index contributed by atoms with van der Waals surface area (Å²) >= 11 is 0. The summed E-state index contributed by atoms with van der Waals surface area (Å²) in [4.78, 5) is 25.5. The predicted octanol–water partition coefficient (Wildman–Crippen LogP) is 5.91. The lowest BCUT2D eigenvalue weighted by Gasteiger charge is -2.17. The zero-order valence-corrected chi connectivity index (χ0v) is 21.9. The van der Waals surface area contributed by atoms with Gasteiger partial charge >= 0.3 is 0 Å². The highest BCUT2D eigenvalue weighted by Crippen LogP contribution is 2.19. The van der Waals surface area contributed by atoms with Crippen LogP contribution in [0.15, 0.2) is 28.7 Å². The molecule has 0 spiro atoms. The minimum Gasteiger partial charge on any atom is -0.421 e. The van der Waals surface area contributed by atoms with Gasteiger partial charge in [-0.1, -0.05) is 89.3 Å². The number of nitrogens with zero attached hydrogens (tertiary/aromatic N) is 2. The first-order valence-electron chi connectivity index (χ1n) is 13.5. The van der Waals surface area contributed by atoms with Gasteiger partial charge in [-0.2, -0.15) is 0 Å². The van der Waals surface area contributed by atoms with Crippen LogP contribution in [0.3, 0.4) is 0 Å². The van der Waals surface area contributed by atoms with E-state index < -0.39 is 6.04 Å². The van der Waals surface area contributed by atoms with Crippen molar-refractivity contribution < 1.29 is 14.0 Å². The summed E-state index contributed by atoms with van der Waals surface area (Å²) in [5.41, 5.74) is 1.97. The highest BCUT2D eigenvalue weighted by Gasteiger charge is 2.24. The Kier molecular flexibility index (Phi) is 13.7. The van der Waals surface area contributed by atoms with Crippen molar-refractivity contribution in [1.82, 2.24) is 20.8 Å². The van der Waals surface area contributed by atoms with Crippen molar-refractivity contribution >= 4 is 11.8 Å². The number of hydrogen-bond donors (Lipinski definition) is 2. The second kappa shape index (κ2) is 16.8. The molecule has 0 radical (unpaired) electrons. The van der Waals surface area contributed by atoms with E-state index in [2.05, 4.69) is 34.7 Å². The standard InChI is InChI=1S/C28H44N4O3/c1-4-6-8-10-11-12-13-15-25(33)30-24(27(34)29-20-14-9-7-5-2)21-26-31-32-28(35-26)23-18-16-22(3)17-19-23/h16-19,24H,4-15,20-21H2,1-3H3,(H,29,34)(H,30,33)/t24-/m0/s1. The average Bonchev–Trinajstić information content (AvgIpc) is 3.32. The molecule has 0 bridgehead atoms. The van der Waals surface area contributed by atoms with Gasteiger partial charge < -0.3 is 15.1 Å². The Balaban J connectivity index is 1.91. The molecule has 0 aliphatic carbocycles. The quantitative estimate of drug-likeness (QED) is 0.256. The van der Waals surface area contributed by atoms with Crippen LogP contribution in [-0.2, 0) is 16.0 Å². The first-order chi connectivity index (χ1) is 17.0. The van der Waals surface area contributed by atoms with Crippen LogP contribution in [0, 0.1) is 6.92 Å². The van der Waals surface area contributed by atoms with E-state index in [0.717, 1.165) is 56.1 Å². The highest BCUT2D eigenvalue weighted by molar-refractivity contribution is 5.87. The van der Waals surface area contributed by atoms with Crippen LogP contribution in [0.2, 0.25) is 0 Å². The van der Waals surface area contributed by atoms with Crippen LogP contribution in [0.4, 0.5) is 0 Å². The van der Waals surface area contributed by atoms with E-state index in [4.69, 9.17) is 4.42 Å². The molecule has 0 saturated heterocycles. The van der Waals surface area contributed by atoms with Gasteiger partial charge in [0.2, 0.25) is 23.6 Å². The first-order valence-corrected chi connectivity index (χ1v) is 13.5. The van der Waals surface area contributed by atoms with Crippen molar-refractivity contribution in [3.05, 3.63) is 35.7 Å². The smallest absolute Gasteiger partial charge is 0.247 e. The second-order valence-corrected chi connectivity index (χ2v) is 9.41. The van der Waals surface area contributed by atoms with Gasteiger partial charge in [-0.25, -0.2) is 0 Å². The minimum absolute atomic E-state index is 0.108. The molecule has 1 aromatic carbocycles. The Labute approximate surface area is 210 Å². The number of carbonyl (C=O) groups excluding carboxylic acids is 2. The molecule has 2 amide bonds.